The van der Waals surface area contributed by atoms with Gasteiger partial charge in [-0.15, -0.1) is 0 Å². The summed E-state index contributed by atoms with van der Waals surface area (Å²) in [6.45, 7) is 4.80. The van der Waals surface area contributed by atoms with Crippen molar-refractivity contribution in [2.24, 2.45) is 0 Å². The summed E-state index contributed by atoms with van der Waals surface area (Å²) in [5.41, 5.74) is 2.35. The Morgan fingerprint density at radius 2 is 1.50 bits per heavy atom. The predicted octanol–water partition coefficient (Wildman–Crippen LogP) is 2.72. The second-order valence-electron chi connectivity index (χ2n) is 6.87. The van der Waals surface area contributed by atoms with E-state index in [1.807, 2.05) is 13.0 Å². The van der Waals surface area contributed by atoms with Crippen LogP contribution in [0, 0.1) is 6.92 Å². The molecule has 160 valence electrons. The molecule has 0 radical (unpaired) electrons. The molecule has 0 aromatic heterocycles. The first-order valence-electron chi connectivity index (χ1n) is 9.37. The van der Waals surface area contributed by atoms with Gasteiger partial charge in [-0.3, -0.25) is 14.4 Å². The molecule has 30 heavy (non-hydrogen) atoms. The smallest absolute Gasteiger partial charge is 0.242 e. The minimum atomic E-state index is -4.03. The third kappa shape index (κ3) is 6.70. The molecule has 1 unspecified atom stereocenters. The molecule has 9 heteroatoms. The van der Waals surface area contributed by atoms with Crippen molar-refractivity contribution in [1.29, 1.82) is 0 Å². The number of carbonyl (C=O) groups is 3. The summed E-state index contributed by atoms with van der Waals surface area (Å²) in [5, 5.41) is 6.32. The number of sulfone groups is 1. The summed E-state index contributed by atoms with van der Waals surface area (Å²) in [6.07, 6.45) is 0.0237. The van der Waals surface area contributed by atoms with Gasteiger partial charge >= 0.3 is 0 Å². The lowest BCUT2D eigenvalue weighted by atomic mass is 10.2. The average Bonchev–Trinajstić information content (AvgIpc) is 2.62. The number of hydrogen-bond acceptors (Lipinski definition) is 5. The van der Waals surface area contributed by atoms with E-state index in [2.05, 4.69) is 16.0 Å². The molecule has 2 aromatic rings. The highest BCUT2D eigenvalue weighted by Crippen LogP contribution is 2.17. The first-order chi connectivity index (χ1) is 14.1. The third-order valence-electron chi connectivity index (χ3n) is 4.20. The summed E-state index contributed by atoms with van der Waals surface area (Å²) < 4.78 is 25.3. The van der Waals surface area contributed by atoms with E-state index < -0.39 is 32.7 Å². The Bertz CT molecular complexity index is 1030. The van der Waals surface area contributed by atoms with Gasteiger partial charge in [0.2, 0.25) is 17.7 Å². The second-order valence-corrected chi connectivity index (χ2v) is 9.05. The van der Waals surface area contributed by atoms with Gasteiger partial charge in [-0.25, -0.2) is 8.42 Å². The molecule has 0 heterocycles. The summed E-state index contributed by atoms with van der Waals surface area (Å²) in [7, 11) is -4.03. The maximum atomic E-state index is 12.7. The Morgan fingerprint density at radius 1 is 0.900 bits per heavy atom. The predicted molar refractivity (Wildman–Crippen MR) is 117 cm³/mol. The first-order valence-corrected chi connectivity index (χ1v) is 11.1. The Morgan fingerprint density at radius 3 is 2.03 bits per heavy atom. The lowest BCUT2D eigenvalue weighted by molar-refractivity contribution is -0.116. The quantitative estimate of drug-likeness (QED) is 0.593. The Labute approximate surface area is 176 Å². The van der Waals surface area contributed by atoms with Gasteiger partial charge in [0.1, 0.15) is 11.0 Å². The normalized spacial score (nSPS) is 12.0. The monoisotopic (exact) mass is 431 g/mol. The zero-order chi connectivity index (χ0) is 22.3. The van der Waals surface area contributed by atoms with Crippen molar-refractivity contribution in [3.8, 4) is 0 Å². The third-order valence-corrected chi connectivity index (χ3v) is 6.28. The molecule has 3 amide bonds. The molecular formula is C21H25N3O5S. The fourth-order valence-corrected chi connectivity index (χ4v) is 4.40. The van der Waals surface area contributed by atoms with Crippen molar-refractivity contribution in [1.82, 2.24) is 0 Å². The van der Waals surface area contributed by atoms with Gasteiger partial charge < -0.3 is 16.0 Å². The van der Waals surface area contributed by atoms with Gasteiger partial charge in [-0.1, -0.05) is 19.1 Å². The van der Waals surface area contributed by atoms with Crippen molar-refractivity contribution in [2.75, 3.05) is 21.7 Å². The number of amides is 3. The molecule has 0 aliphatic heterocycles. The van der Waals surface area contributed by atoms with E-state index in [9.17, 15) is 22.8 Å². The van der Waals surface area contributed by atoms with E-state index in [0.29, 0.717) is 17.1 Å². The van der Waals surface area contributed by atoms with E-state index in [-0.39, 0.29) is 12.3 Å². The highest BCUT2D eigenvalue weighted by atomic mass is 32.2. The van der Waals surface area contributed by atoms with E-state index >= 15 is 0 Å². The zero-order valence-corrected chi connectivity index (χ0v) is 17.9. The fourth-order valence-electron chi connectivity index (χ4n) is 2.87. The van der Waals surface area contributed by atoms with E-state index in [1.54, 1.807) is 49.4 Å². The largest absolute Gasteiger partial charge is 0.326 e. The standard InChI is InChI=1S/C21H25N3O5S/c1-4-19(21(27)24-17-10-8-16(9-11-17)22-15(3)25)30(28,29)13-20(26)23-18-7-5-6-14(2)12-18/h5-12,19H,4,13H2,1-3H3,(H,22,25)(H,23,26)(H,24,27). The zero-order valence-electron chi connectivity index (χ0n) is 17.1. The maximum Gasteiger partial charge on any atom is 0.242 e. The summed E-state index contributed by atoms with van der Waals surface area (Å²) >= 11 is 0. The van der Waals surface area contributed by atoms with Gasteiger partial charge in [-0.05, 0) is 55.3 Å². The topological polar surface area (TPSA) is 121 Å². The van der Waals surface area contributed by atoms with E-state index in [0.717, 1.165) is 5.56 Å². The molecule has 8 nitrogen and oxygen atoms in total. The lowest BCUT2D eigenvalue weighted by Gasteiger charge is -2.16. The molecule has 0 aliphatic carbocycles. The van der Waals surface area contributed by atoms with Crippen LogP contribution in [0.5, 0.6) is 0 Å². The second kappa shape index (κ2) is 10.0. The van der Waals surface area contributed by atoms with E-state index in [4.69, 9.17) is 0 Å². The fraction of sp³-hybridized carbons (Fsp3) is 0.286. The van der Waals surface area contributed by atoms with Crippen molar-refractivity contribution < 1.29 is 22.8 Å². The Balaban J connectivity index is 2.04. The van der Waals surface area contributed by atoms with Crippen LogP contribution in [0.25, 0.3) is 0 Å². The molecule has 2 rings (SSSR count). The number of carbonyl (C=O) groups excluding carboxylic acids is 3. The molecular weight excluding hydrogens is 406 g/mol. The SMILES string of the molecule is CCC(C(=O)Nc1ccc(NC(C)=O)cc1)S(=O)(=O)CC(=O)Nc1cccc(C)c1. The van der Waals surface area contributed by atoms with Crippen LogP contribution < -0.4 is 16.0 Å². The van der Waals surface area contributed by atoms with Crippen LogP contribution in [0.2, 0.25) is 0 Å². The highest BCUT2D eigenvalue weighted by Gasteiger charge is 2.33. The Kier molecular flexibility index (Phi) is 7.71. The molecule has 0 saturated carbocycles. The van der Waals surface area contributed by atoms with Gasteiger partial charge in [0.25, 0.3) is 0 Å². The van der Waals surface area contributed by atoms with E-state index in [1.165, 1.54) is 6.92 Å². The van der Waals surface area contributed by atoms with Crippen LogP contribution in [-0.4, -0.2) is 37.1 Å². The van der Waals surface area contributed by atoms with Gasteiger partial charge in [0.05, 0.1) is 0 Å². The number of hydrogen-bond donors (Lipinski definition) is 3. The van der Waals surface area contributed by atoms with Crippen molar-refractivity contribution in [2.45, 2.75) is 32.4 Å². The number of rotatable bonds is 8. The first kappa shape index (κ1) is 23.1. The molecule has 1 atom stereocenters. The molecule has 2 aromatic carbocycles. The molecule has 0 bridgehead atoms. The number of anilines is 3. The van der Waals surface area contributed by atoms with Crippen LogP contribution in [0.1, 0.15) is 25.8 Å². The number of benzene rings is 2. The van der Waals surface area contributed by atoms with Gasteiger partial charge in [0, 0.05) is 24.0 Å². The van der Waals surface area contributed by atoms with Crippen LogP contribution in [0.3, 0.4) is 0 Å². The maximum absolute atomic E-state index is 12.7. The Hall–Kier alpha value is -3.20. The van der Waals surface area contributed by atoms with Crippen molar-refractivity contribution >= 4 is 44.6 Å². The van der Waals surface area contributed by atoms with Crippen LogP contribution in [0.15, 0.2) is 48.5 Å². The average molecular weight is 432 g/mol. The minimum absolute atomic E-state index is 0.0237. The molecule has 0 aliphatic rings. The highest BCUT2D eigenvalue weighted by molar-refractivity contribution is 7.93. The minimum Gasteiger partial charge on any atom is -0.326 e. The lowest BCUT2D eigenvalue weighted by Crippen LogP contribution is -2.39. The van der Waals surface area contributed by atoms with Gasteiger partial charge in [0.15, 0.2) is 9.84 Å². The molecule has 0 saturated heterocycles. The molecule has 3 N–H and O–H groups in total. The summed E-state index contributed by atoms with van der Waals surface area (Å²) in [5.74, 6) is -2.44. The molecule has 0 spiro atoms. The molecule has 0 fully saturated rings. The van der Waals surface area contributed by atoms with Crippen LogP contribution >= 0.6 is 0 Å². The van der Waals surface area contributed by atoms with Gasteiger partial charge in [-0.2, -0.15) is 0 Å². The van der Waals surface area contributed by atoms with Crippen LogP contribution in [-0.2, 0) is 24.2 Å². The summed E-state index contributed by atoms with van der Waals surface area (Å²) in [6, 6.07) is 13.3. The van der Waals surface area contributed by atoms with Crippen molar-refractivity contribution in [3.05, 3.63) is 54.1 Å². The summed E-state index contributed by atoms with van der Waals surface area (Å²) in [4.78, 5) is 35.8. The van der Waals surface area contributed by atoms with Crippen molar-refractivity contribution in [3.63, 3.8) is 0 Å². The number of nitrogens with one attached hydrogen (secondary N) is 3. The van der Waals surface area contributed by atoms with Crippen LogP contribution in [0.4, 0.5) is 17.1 Å². The number of aryl methyl sites for hydroxylation is 1.